The Morgan fingerprint density at radius 3 is 3.00 bits per heavy atom. The largest absolute Gasteiger partial charge is 0.388 e. The zero-order valence-corrected chi connectivity index (χ0v) is 7.54. The van der Waals surface area contributed by atoms with Gasteiger partial charge in [-0.15, -0.1) is 0 Å². The van der Waals surface area contributed by atoms with Crippen LogP contribution in [0.25, 0.3) is 0 Å². The first kappa shape index (κ1) is 9.00. The lowest BCUT2D eigenvalue weighted by Crippen LogP contribution is -2.11. The van der Waals surface area contributed by atoms with Crippen LogP contribution in [0.4, 0.5) is 5.69 Å². The number of rotatable bonds is 3. The van der Waals surface area contributed by atoms with Crippen molar-refractivity contribution in [3.05, 3.63) is 24.0 Å². The van der Waals surface area contributed by atoms with E-state index in [1.807, 2.05) is 19.3 Å². The van der Waals surface area contributed by atoms with Crippen molar-refractivity contribution in [3.8, 4) is 0 Å². The molecule has 0 saturated carbocycles. The quantitative estimate of drug-likeness (QED) is 0.714. The van der Waals surface area contributed by atoms with E-state index in [1.165, 1.54) is 0 Å². The first-order valence-electron chi connectivity index (χ1n) is 4.16. The molecule has 0 aliphatic rings. The van der Waals surface area contributed by atoms with Crippen molar-refractivity contribution in [1.29, 1.82) is 0 Å². The van der Waals surface area contributed by atoms with Gasteiger partial charge in [0, 0.05) is 36.7 Å². The Morgan fingerprint density at radius 2 is 2.42 bits per heavy atom. The molecule has 66 valence electrons. The van der Waals surface area contributed by atoms with Gasteiger partial charge in [-0.2, -0.15) is 0 Å². The number of hydrogen-bond donors (Lipinski definition) is 2. The Kier molecular flexibility index (Phi) is 3.05. The summed E-state index contributed by atoms with van der Waals surface area (Å²) in [6, 6.07) is 2.02. The van der Waals surface area contributed by atoms with Crippen LogP contribution in [0.1, 0.15) is 24.9 Å². The third-order valence-electron chi connectivity index (χ3n) is 1.96. The van der Waals surface area contributed by atoms with E-state index in [2.05, 4.69) is 17.2 Å². The summed E-state index contributed by atoms with van der Waals surface area (Å²) >= 11 is 0. The summed E-state index contributed by atoms with van der Waals surface area (Å²) in [4.78, 5) is 4.04. The summed E-state index contributed by atoms with van der Waals surface area (Å²) in [6.07, 6.45) is 4.51. The Hall–Kier alpha value is -1.09. The average Bonchev–Trinajstić information content (AvgIpc) is 2.16. The third kappa shape index (κ3) is 1.74. The molecule has 3 N–H and O–H groups in total. The van der Waals surface area contributed by atoms with Crippen molar-refractivity contribution >= 4 is 5.69 Å². The van der Waals surface area contributed by atoms with Crippen LogP contribution in [0, 0.1) is 0 Å². The maximum Gasteiger partial charge on any atom is 0.0416 e. The van der Waals surface area contributed by atoms with Gasteiger partial charge in [-0.3, -0.25) is 4.98 Å². The third-order valence-corrected chi connectivity index (χ3v) is 1.96. The van der Waals surface area contributed by atoms with Gasteiger partial charge in [0.15, 0.2) is 0 Å². The molecule has 0 saturated heterocycles. The molecular formula is C9H15N3. The lowest BCUT2D eigenvalue weighted by atomic mass is 10.1. The van der Waals surface area contributed by atoms with E-state index in [0.717, 1.165) is 17.7 Å². The van der Waals surface area contributed by atoms with Gasteiger partial charge >= 0.3 is 0 Å². The van der Waals surface area contributed by atoms with Gasteiger partial charge in [0.1, 0.15) is 0 Å². The summed E-state index contributed by atoms with van der Waals surface area (Å²) in [7, 11) is 1.89. The Morgan fingerprint density at radius 1 is 1.67 bits per heavy atom. The maximum atomic E-state index is 5.89. The predicted molar refractivity (Wildman–Crippen MR) is 51.0 cm³/mol. The number of hydrogen-bond acceptors (Lipinski definition) is 3. The van der Waals surface area contributed by atoms with Gasteiger partial charge < -0.3 is 11.1 Å². The summed E-state index contributed by atoms with van der Waals surface area (Å²) in [5, 5.41) is 3.09. The Balaban J connectivity index is 2.96. The van der Waals surface area contributed by atoms with E-state index in [1.54, 1.807) is 6.20 Å². The van der Waals surface area contributed by atoms with E-state index in [-0.39, 0.29) is 6.04 Å². The van der Waals surface area contributed by atoms with Gasteiger partial charge in [0.05, 0.1) is 0 Å². The zero-order chi connectivity index (χ0) is 8.97. The second kappa shape index (κ2) is 4.07. The molecule has 1 rings (SSSR count). The van der Waals surface area contributed by atoms with Crippen LogP contribution >= 0.6 is 0 Å². The maximum absolute atomic E-state index is 5.89. The van der Waals surface area contributed by atoms with Crippen molar-refractivity contribution in [1.82, 2.24) is 4.98 Å². The van der Waals surface area contributed by atoms with E-state index in [9.17, 15) is 0 Å². The van der Waals surface area contributed by atoms with Gasteiger partial charge in [-0.05, 0) is 12.5 Å². The van der Waals surface area contributed by atoms with Crippen molar-refractivity contribution in [2.24, 2.45) is 5.73 Å². The molecule has 0 aromatic carbocycles. The fraction of sp³-hybridized carbons (Fsp3) is 0.444. The zero-order valence-electron chi connectivity index (χ0n) is 7.54. The highest BCUT2D eigenvalue weighted by molar-refractivity contribution is 5.50. The van der Waals surface area contributed by atoms with Crippen LogP contribution in [0.5, 0.6) is 0 Å². The minimum Gasteiger partial charge on any atom is -0.388 e. The minimum atomic E-state index is 0.0844. The summed E-state index contributed by atoms with van der Waals surface area (Å²) in [5.74, 6) is 0. The van der Waals surface area contributed by atoms with Gasteiger partial charge in [0.25, 0.3) is 0 Å². The molecule has 1 atom stereocenters. The molecule has 3 nitrogen and oxygen atoms in total. The van der Waals surface area contributed by atoms with Gasteiger partial charge in [-0.25, -0.2) is 0 Å². The van der Waals surface area contributed by atoms with E-state index >= 15 is 0 Å². The highest BCUT2D eigenvalue weighted by Gasteiger charge is 2.07. The molecule has 0 fully saturated rings. The molecular weight excluding hydrogens is 150 g/mol. The molecule has 0 spiro atoms. The molecule has 0 amide bonds. The highest BCUT2D eigenvalue weighted by atomic mass is 14.8. The first-order chi connectivity index (χ1) is 5.79. The topological polar surface area (TPSA) is 50.9 Å². The number of nitrogens with two attached hydrogens (primary N) is 1. The van der Waals surface area contributed by atoms with Crippen molar-refractivity contribution < 1.29 is 0 Å². The molecule has 3 heteroatoms. The van der Waals surface area contributed by atoms with E-state index in [0.29, 0.717) is 0 Å². The van der Waals surface area contributed by atoms with E-state index < -0.39 is 0 Å². The molecule has 1 heterocycles. The Labute approximate surface area is 73.0 Å². The fourth-order valence-corrected chi connectivity index (χ4v) is 1.15. The van der Waals surface area contributed by atoms with Crippen LogP contribution in [-0.4, -0.2) is 12.0 Å². The number of anilines is 1. The molecule has 0 bridgehead atoms. The monoisotopic (exact) mass is 165 g/mol. The Bertz CT molecular complexity index is 247. The highest BCUT2D eigenvalue weighted by Crippen LogP contribution is 2.20. The number of pyridine rings is 1. The molecule has 0 aliphatic heterocycles. The van der Waals surface area contributed by atoms with E-state index in [4.69, 9.17) is 5.73 Å². The SMILES string of the molecule is CCC(N)c1cnccc1NC. The molecule has 1 aromatic rings. The predicted octanol–water partition coefficient (Wildman–Crippen LogP) is 1.53. The second-order valence-corrected chi connectivity index (χ2v) is 2.73. The molecule has 12 heavy (non-hydrogen) atoms. The average molecular weight is 165 g/mol. The van der Waals surface area contributed by atoms with Crippen LogP contribution in [0.2, 0.25) is 0 Å². The lowest BCUT2D eigenvalue weighted by molar-refractivity contribution is 0.697. The fourth-order valence-electron chi connectivity index (χ4n) is 1.15. The standard InChI is InChI=1S/C9H15N3/c1-3-8(10)7-6-12-5-4-9(7)11-2/h4-6,8H,3,10H2,1-2H3,(H,11,12). The van der Waals surface area contributed by atoms with Crippen molar-refractivity contribution in [3.63, 3.8) is 0 Å². The molecule has 0 radical (unpaired) electrons. The molecule has 1 unspecified atom stereocenters. The number of nitrogens with zero attached hydrogens (tertiary/aromatic N) is 1. The van der Waals surface area contributed by atoms with Gasteiger partial charge in [-0.1, -0.05) is 6.92 Å². The summed E-state index contributed by atoms with van der Waals surface area (Å²) in [6.45, 7) is 2.07. The number of nitrogens with one attached hydrogen (secondary N) is 1. The van der Waals surface area contributed by atoms with Crippen LogP contribution in [0.15, 0.2) is 18.5 Å². The first-order valence-corrected chi connectivity index (χ1v) is 4.16. The minimum absolute atomic E-state index is 0.0844. The van der Waals surface area contributed by atoms with Crippen molar-refractivity contribution in [2.75, 3.05) is 12.4 Å². The van der Waals surface area contributed by atoms with Crippen molar-refractivity contribution in [2.45, 2.75) is 19.4 Å². The van der Waals surface area contributed by atoms with Crippen LogP contribution in [-0.2, 0) is 0 Å². The lowest BCUT2D eigenvalue weighted by Gasteiger charge is -2.13. The summed E-state index contributed by atoms with van der Waals surface area (Å²) < 4.78 is 0. The summed E-state index contributed by atoms with van der Waals surface area (Å²) in [5.41, 5.74) is 8.05. The second-order valence-electron chi connectivity index (χ2n) is 2.73. The molecule has 0 aliphatic carbocycles. The molecule has 1 aromatic heterocycles. The van der Waals surface area contributed by atoms with Crippen LogP contribution in [0.3, 0.4) is 0 Å². The van der Waals surface area contributed by atoms with Gasteiger partial charge in [0.2, 0.25) is 0 Å². The number of aromatic nitrogens is 1. The van der Waals surface area contributed by atoms with Crippen LogP contribution < -0.4 is 11.1 Å². The normalized spacial score (nSPS) is 12.6. The smallest absolute Gasteiger partial charge is 0.0416 e.